The zero-order valence-corrected chi connectivity index (χ0v) is 10.8. The molecule has 0 amide bonds. The fraction of sp³-hybridized carbons (Fsp3) is 0.857. The Bertz CT molecular complexity index is 130. The van der Waals surface area contributed by atoms with Crippen molar-refractivity contribution in [2.45, 2.75) is 71.1 Å². The molecule has 0 atom stereocenters. The summed E-state index contributed by atoms with van der Waals surface area (Å²) in [5.41, 5.74) is 0. The molecule has 1 rings (SSSR count). The van der Waals surface area contributed by atoms with Gasteiger partial charge in [-0.25, -0.2) is 0 Å². The third kappa shape index (κ3) is 19.1. The number of aliphatic hydroxyl groups excluding tert-OH is 1. The summed E-state index contributed by atoms with van der Waals surface area (Å²) in [5.74, 6) is 0. The molecule has 2 nitrogen and oxygen atoms in total. The third-order valence-corrected chi connectivity index (χ3v) is 2.65. The molecule has 0 spiro atoms. The Morgan fingerprint density at radius 1 is 0.750 bits per heavy atom. The molecule has 1 aliphatic rings. The van der Waals surface area contributed by atoms with Crippen molar-refractivity contribution in [3.05, 3.63) is 12.5 Å². The first kappa shape index (κ1) is 15.5. The van der Waals surface area contributed by atoms with Gasteiger partial charge in [-0.1, -0.05) is 64.7 Å². The second-order valence-electron chi connectivity index (χ2n) is 4.31. The zero-order valence-electron chi connectivity index (χ0n) is 10.8. The van der Waals surface area contributed by atoms with Gasteiger partial charge in [-0.15, -0.1) is 0 Å². The van der Waals surface area contributed by atoms with E-state index in [9.17, 15) is 0 Å². The minimum atomic E-state index is 0.372. The van der Waals surface area contributed by atoms with Gasteiger partial charge in [0.1, 0.15) is 12.5 Å². The summed E-state index contributed by atoms with van der Waals surface area (Å²) in [4.78, 5) is 0. The van der Waals surface area contributed by atoms with Crippen molar-refractivity contribution in [2.75, 3.05) is 6.61 Å². The molecule has 0 aliphatic carbocycles. The molecule has 0 aromatic rings. The van der Waals surface area contributed by atoms with Crippen molar-refractivity contribution in [1.82, 2.24) is 0 Å². The molecule has 0 aromatic heterocycles. The fourth-order valence-corrected chi connectivity index (χ4v) is 1.60. The molecule has 1 aliphatic heterocycles. The Balaban J connectivity index is 0.000000635. The highest BCUT2D eigenvalue weighted by atomic mass is 16.5. The van der Waals surface area contributed by atoms with Gasteiger partial charge in [-0.2, -0.15) is 0 Å². The molecule has 0 unspecified atom stereocenters. The van der Waals surface area contributed by atoms with Crippen molar-refractivity contribution in [1.29, 1.82) is 0 Å². The molecule has 0 saturated carbocycles. The summed E-state index contributed by atoms with van der Waals surface area (Å²) < 4.78 is 4.25. The van der Waals surface area contributed by atoms with E-state index in [0.29, 0.717) is 6.61 Å². The molecular weight excluding hydrogens is 200 g/mol. The van der Waals surface area contributed by atoms with Gasteiger partial charge in [0.2, 0.25) is 0 Å². The molecule has 0 fully saturated rings. The number of hydrogen-bond donors (Lipinski definition) is 1. The van der Waals surface area contributed by atoms with Crippen LogP contribution in [0.15, 0.2) is 12.5 Å². The van der Waals surface area contributed by atoms with Crippen LogP contribution in [0.2, 0.25) is 0 Å². The lowest BCUT2D eigenvalue weighted by Crippen LogP contribution is -1.84. The summed E-state index contributed by atoms with van der Waals surface area (Å²) >= 11 is 0. The number of aliphatic hydroxyl groups is 1. The van der Waals surface area contributed by atoms with Crippen LogP contribution in [0.4, 0.5) is 0 Å². The van der Waals surface area contributed by atoms with Crippen molar-refractivity contribution < 1.29 is 9.84 Å². The minimum Gasteiger partial charge on any atom is -0.466 e. The van der Waals surface area contributed by atoms with E-state index in [2.05, 4.69) is 11.7 Å². The third-order valence-electron chi connectivity index (χ3n) is 2.65. The maximum atomic E-state index is 8.57. The maximum Gasteiger partial charge on any atom is 0.125 e. The smallest absolute Gasteiger partial charge is 0.125 e. The van der Waals surface area contributed by atoms with Crippen molar-refractivity contribution in [3.63, 3.8) is 0 Å². The molecule has 16 heavy (non-hydrogen) atoms. The average Bonchev–Trinajstić information content (AvgIpc) is 3.14. The van der Waals surface area contributed by atoms with E-state index < -0.39 is 0 Å². The van der Waals surface area contributed by atoms with E-state index >= 15 is 0 Å². The summed E-state index contributed by atoms with van der Waals surface area (Å²) in [6, 6.07) is 0. The predicted octanol–water partition coefficient (Wildman–Crippen LogP) is 4.39. The number of rotatable bonds is 10. The van der Waals surface area contributed by atoms with Crippen molar-refractivity contribution in [2.24, 2.45) is 0 Å². The molecule has 1 heterocycles. The fourth-order valence-electron chi connectivity index (χ4n) is 1.60. The maximum absolute atomic E-state index is 8.57. The lowest BCUT2D eigenvalue weighted by molar-refractivity contribution is 0.282. The highest BCUT2D eigenvalue weighted by molar-refractivity contribution is 4.76. The van der Waals surface area contributed by atoms with Gasteiger partial charge in [0.15, 0.2) is 0 Å². The second-order valence-corrected chi connectivity index (χ2v) is 4.31. The van der Waals surface area contributed by atoms with Crippen LogP contribution < -0.4 is 0 Å². The lowest BCUT2D eigenvalue weighted by atomic mass is 10.1. The summed E-state index contributed by atoms with van der Waals surface area (Å²) in [6.45, 7) is 2.63. The van der Waals surface area contributed by atoms with Gasteiger partial charge in [0.05, 0.1) is 0 Å². The first-order chi connectivity index (χ1) is 7.91. The summed E-state index contributed by atoms with van der Waals surface area (Å²) in [7, 11) is 0. The number of ether oxygens (including phenoxy) is 1. The second kappa shape index (κ2) is 14.5. The van der Waals surface area contributed by atoms with Gasteiger partial charge < -0.3 is 9.84 Å². The quantitative estimate of drug-likeness (QED) is 0.563. The molecular formula is C14H28O2. The first-order valence-corrected chi connectivity index (χ1v) is 6.83. The highest BCUT2D eigenvalue weighted by Crippen LogP contribution is 2.09. The Morgan fingerprint density at radius 3 is 1.44 bits per heavy atom. The Kier molecular flexibility index (Phi) is 14.0. The van der Waals surface area contributed by atoms with Gasteiger partial charge in [-0.3, -0.25) is 0 Å². The lowest BCUT2D eigenvalue weighted by Gasteiger charge is -2.00. The van der Waals surface area contributed by atoms with Crippen LogP contribution in [0.25, 0.3) is 0 Å². The SMILES string of the molecule is C1=CO1.CCCCCCCCCCCCO. The van der Waals surface area contributed by atoms with E-state index in [4.69, 9.17) is 5.11 Å². The molecule has 2 heteroatoms. The van der Waals surface area contributed by atoms with Crippen molar-refractivity contribution in [3.8, 4) is 0 Å². The number of unbranched alkanes of at least 4 members (excludes halogenated alkanes) is 9. The number of hydrogen-bond acceptors (Lipinski definition) is 2. The van der Waals surface area contributed by atoms with Crippen LogP contribution >= 0.6 is 0 Å². The molecule has 0 saturated heterocycles. The predicted molar refractivity (Wildman–Crippen MR) is 69.2 cm³/mol. The van der Waals surface area contributed by atoms with E-state index in [1.54, 1.807) is 12.5 Å². The zero-order chi connectivity index (χ0) is 11.9. The van der Waals surface area contributed by atoms with Crippen LogP contribution in [0.3, 0.4) is 0 Å². The standard InChI is InChI=1S/C12H26O.C2H2O/c1-2-3-4-5-6-7-8-9-10-11-12-13;1-2-3-1/h13H,2-12H2,1H3;1-2H. The Labute approximate surface area is 101 Å². The van der Waals surface area contributed by atoms with Gasteiger partial charge in [-0.05, 0) is 6.42 Å². The van der Waals surface area contributed by atoms with Crippen LogP contribution in [0.5, 0.6) is 0 Å². The normalized spacial score (nSPS) is 11.6. The summed E-state index contributed by atoms with van der Waals surface area (Å²) in [5, 5.41) is 8.57. The van der Waals surface area contributed by atoms with E-state index in [-0.39, 0.29) is 0 Å². The van der Waals surface area contributed by atoms with Crippen LogP contribution in [-0.4, -0.2) is 11.7 Å². The first-order valence-electron chi connectivity index (χ1n) is 6.83. The van der Waals surface area contributed by atoms with Crippen LogP contribution in [-0.2, 0) is 4.74 Å². The van der Waals surface area contributed by atoms with Gasteiger partial charge in [0.25, 0.3) is 0 Å². The van der Waals surface area contributed by atoms with Crippen LogP contribution in [0, 0.1) is 0 Å². The highest BCUT2D eigenvalue weighted by Gasteiger charge is 1.91. The van der Waals surface area contributed by atoms with Gasteiger partial charge in [0, 0.05) is 6.61 Å². The van der Waals surface area contributed by atoms with Crippen molar-refractivity contribution >= 4 is 0 Å². The van der Waals surface area contributed by atoms with E-state index in [0.717, 1.165) is 6.42 Å². The minimum absolute atomic E-state index is 0.372. The molecule has 0 radical (unpaired) electrons. The molecule has 0 bridgehead atoms. The Hall–Kier alpha value is -0.500. The molecule has 0 aromatic carbocycles. The summed E-state index contributed by atoms with van der Waals surface area (Å²) in [6.07, 6.45) is 16.6. The topological polar surface area (TPSA) is 32.8 Å². The average molecular weight is 228 g/mol. The molecule has 96 valence electrons. The Morgan fingerprint density at radius 2 is 1.12 bits per heavy atom. The largest absolute Gasteiger partial charge is 0.466 e. The van der Waals surface area contributed by atoms with E-state index in [1.807, 2.05) is 0 Å². The van der Waals surface area contributed by atoms with Crippen LogP contribution in [0.1, 0.15) is 71.1 Å². The van der Waals surface area contributed by atoms with E-state index in [1.165, 1.54) is 57.8 Å². The van der Waals surface area contributed by atoms with Gasteiger partial charge >= 0.3 is 0 Å². The monoisotopic (exact) mass is 228 g/mol. The molecule has 1 N–H and O–H groups in total.